The van der Waals surface area contributed by atoms with Crippen molar-refractivity contribution in [1.82, 2.24) is 4.98 Å². The summed E-state index contributed by atoms with van der Waals surface area (Å²) in [6.07, 6.45) is 4.92. The quantitative estimate of drug-likeness (QED) is 0.650. The van der Waals surface area contributed by atoms with Crippen LogP contribution in [0.1, 0.15) is 60.8 Å². The van der Waals surface area contributed by atoms with Crippen molar-refractivity contribution in [3.8, 4) is 11.6 Å². The molecular weight excluding hydrogens is 318 g/mol. The van der Waals surface area contributed by atoms with Crippen LogP contribution in [0.25, 0.3) is 0 Å². The van der Waals surface area contributed by atoms with Gasteiger partial charge in [0.15, 0.2) is 0 Å². The lowest BCUT2D eigenvalue weighted by Crippen LogP contribution is -2.43. The maximum atomic E-state index is 5.98. The van der Waals surface area contributed by atoms with Crippen LogP contribution in [0.2, 0.25) is 0 Å². The Bertz CT molecular complexity index is 527. The molecule has 5 nitrogen and oxygen atoms in total. The van der Waals surface area contributed by atoms with Crippen molar-refractivity contribution in [2.75, 3.05) is 13.2 Å². The molecule has 2 rings (SSSR count). The van der Waals surface area contributed by atoms with Gasteiger partial charge in [-0.15, -0.1) is 0 Å². The number of hydrogen-bond donors (Lipinski definition) is 0. The Morgan fingerprint density at radius 3 is 2.36 bits per heavy atom. The highest BCUT2D eigenvalue weighted by atomic mass is 16.5. The fourth-order valence-electron chi connectivity index (χ4n) is 2.56. The summed E-state index contributed by atoms with van der Waals surface area (Å²) in [4.78, 5) is 4.23. The van der Waals surface area contributed by atoms with Crippen molar-refractivity contribution in [3.05, 3.63) is 18.3 Å². The molecule has 1 aromatic heterocycles. The number of aromatic nitrogens is 1. The first-order chi connectivity index (χ1) is 11.6. The summed E-state index contributed by atoms with van der Waals surface area (Å²) in [5, 5.41) is 0. The third kappa shape index (κ3) is 8.06. The first kappa shape index (κ1) is 20.0. The van der Waals surface area contributed by atoms with Crippen LogP contribution in [0.4, 0.5) is 0 Å². The second kappa shape index (κ2) is 8.37. The van der Waals surface area contributed by atoms with Gasteiger partial charge in [-0.1, -0.05) is 0 Å². The molecule has 0 saturated heterocycles. The Morgan fingerprint density at radius 2 is 1.72 bits per heavy atom. The summed E-state index contributed by atoms with van der Waals surface area (Å²) in [6.45, 7) is 13.7. The highest BCUT2D eigenvalue weighted by Crippen LogP contribution is 2.31. The average molecular weight is 351 g/mol. The third-order valence-corrected chi connectivity index (χ3v) is 3.65. The Labute approximate surface area is 152 Å². The van der Waals surface area contributed by atoms with Crippen LogP contribution in [0, 0.1) is 0 Å². The van der Waals surface area contributed by atoms with Crippen molar-refractivity contribution in [2.24, 2.45) is 0 Å². The van der Waals surface area contributed by atoms with E-state index in [4.69, 9.17) is 18.9 Å². The molecule has 0 N–H and O–H groups in total. The Kier molecular flexibility index (Phi) is 6.69. The summed E-state index contributed by atoms with van der Waals surface area (Å²) < 4.78 is 23.3. The van der Waals surface area contributed by atoms with Crippen molar-refractivity contribution in [1.29, 1.82) is 0 Å². The molecule has 1 aromatic rings. The summed E-state index contributed by atoms with van der Waals surface area (Å²) in [7, 11) is 0. The molecular formula is C20H33NO4. The van der Waals surface area contributed by atoms with Gasteiger partial charge in [0.05, 0.1) is 30.5 Å². The number of ether oxygens (including phenoxy) is 4. The Morgan fingerprint density at radius 1 is 1.00 bits per heavy atom. The van der Waals surface area contributed by atoms with E-state index in [9.17, 15) is 0 Å². The van der Waals surface area contributed by atoms with Gasteiger partial charge < -0.3 is 18.9 Å². The predicted octanol–water partition coefficient (Wildman–Crippen LogP) is 4.39. The zero-order chi connectivity index (χ0) is 18.5. The Balaban J connectivity index is 1.68. The highest BCUT2D eigenvalue weighted by molar-refractivity contribution is 5.26. The molecule has 1 saturated carbocycles. The van der Waals surface area contributed by atoms with Gasteiger partial charge in [-0.25, -0.2) is 4.98 Å². The molecule has 0 bridgehead atoms. The van der Waals surface area contributed by atoms with Gasteiger partial charge in [-0.2, -0.15) is 0 Å². The van der Waals surface area contributed by atoms with Crippen molar-refractivity contribution >= 4 is 0 Å². The average Bonchev–Trinajstić information content (AvgIpc) is 2.42. The fraction of sp³-hybridized carbons (Fsp3) is 0.750. The van der Waals surface area contributed by atoms with E-state index in [0.717, 1.165) is 25.0 Å². The van der Waals surface area contributed by atoms with Crippen LogP contribution >= 0.6 is 0 Å². The number of nitrogens with zero attached hydrogens (tertiary/aromatic N) is 1. The van der Waals surface area contributed by atoms with E-state index in [1.807, 2.05) is 32.9 Å². The van der Waals surface area contributed by atoms with E-state index >= 15 is 0 Å². The summed E-state index contributed by atoms with van der Waals surface area (Å²) >= 11 is 0. The number of pyridine rings is 1. The predicted molar refractivity (Wildman–Crippen MR) is 98.3 cm³/mol. The third-order valence-electron chi connectivity index (χ3n) is 3.65. The van der Waals surface area contributed by atoms with Crippen LogP contribution in [-0.2, 0) is 9.47 Å². The minimum Gasteiger partial charge on any atom is -0.490 e. The standard InChI is InChI=1S/C20H33NO4/c1-19(2,3)23-11-7-10-22-18-14-15(8-9-21-18)24-16-12-17(13-16)25-20(4,5)6/h8-9,14,16-17H,7,10-13H2,1-6H3. The van der Waals surface area contributed by atoms with Gasteiger partial charge in [-0.3, -0.25) is 0 Å². The first-order valence-electron chi connectivity index (χ1n) is 9.18. The number of rotatable bonds is 8. The minimum atomic E-state index is -0.108. The molecule has 0 aliphatic heterocycles. The van der Waals surface area contributed by atoms with Crippen LogP contribution in [0.5, 0.6) is 11.6 Å². The van der Waals surface area contributed by atoms with E-state index in [1.54, 1.807) is 6.20 Å². The molecule has 0 spiro atoms. The lowest BCUT2D eigenvalue weighted by molar-refractivity contribution is -0.126. The van der Waals surface area contributed by atoms with Crippen molar-refractivity contribution in [3.63, 3.8) is 0 Å². The second-order valence-electron chi connectivity index (χ2n) is 8.56. The number of hydrogen-bond acceptors (Lipinski definition) is 5. The second-order valence-corrected chi connectivity index (χ2v) is 8.56. The van der Waals surface area contributed by atoms with Crippen molar-refractivity contribution in [2.45, 2.75) is 84.2 Å². The SMILES string of the molecule is CC(C)(C)OCCCOc1cc(OC2CC(OC(C)(C)C)C2)ccn1. The molecule has 142 valence electrons. The molecule has 0 aromatic carbocycles. The molecule has 0 unspecified atom stereocenters. The zero-order valence-corrected chi connectivity index (χ0v) is 16.5. The largest absolute Gasteiger partial charge is 0.490 e. The van der Waals surface area contributed by atoms with Gasteiger partial charge in [0.25, 0.3) is 0 Å². The lowest BCUT2D eigenvalue weighted by Gasteiger charge is -2.39. The fourth-order valence-corrected chi connectivity index (χ4v) is 2.56. The lowest BCUT2D eigenvalue weighted by atomic mass is 9.91. The monoisotopic (exact) mass is 351 g/mol. The van der Waals surface area contributed by atoms with Gasteiger partial charge in [0.1, 0.15) is 11.9 Å². The van der Waals surface area contributed by atoms with E-state index in [2.05, 4.69) is 25.8 Å². The van der Waals surface area contributed by atoms with Gasteiger partial charge >= 0.3 is 0 Å². The van der Waals surface area contributed by atoms with E-state index in [1.165, 1.54) is 0 Å². The molecule has 0 amide bonds. The van der Waals surface area contributed by atoms with E-state index < -0.39 is 0 Å². The van der Waals surface area contributed by atoms with Crippen LogP contribution in [0.15, 0.2) is 18.3 Å². The molecule has 0 atom stereocenters. The van der Waals surface area contributed by atoms with Gasteiger partial charge in [0.2, 0.25) is 5.88 Å². The Hall–Kier alpha value is -1.33. The van der Waals surface area contributed by atoms with Gasteiger partial charge in [0, 0.05) is 31.5 Å². The first-order valence-corrected chi connectivity index (χ1v) is 9.18. The topological polar surface area (TPSA) is 49.8 Å². The summed E-state index contributed by atoms with van der Waals surface area (Å²) in [5.41, 5.74) is -0.201. The van der Waals surface area contributed by atoms with Crippen LogP contribution < -0.4 is 9.47 Å². The maximum absolute atomic E-state index is 5.98. The molecule has 25 heavy (non-hydrogen) atoms. The van der Waals surface area contributed by atoms with E-state index in [0.29, 0.717) is 25.2 Å². The molecule has 0 radical (unpaired) electrons. The van der Waals surface area contributed by atoms with E-state index in [-0.39, 0.29) is 17.3 Å². The minimum absolute atomic E-state index is 0.0932. The van der Waals surface area contributed by atoms with Crippen molar-refractivity contribution < 1.29 is 18.9 Å². The highest BCUT2D eigenvalue weighted by Gasteiger charge is 2.34. The smallest absolute Gasteiger partial charge is 0.216 e. The van der Waals surface area contributed by atoms with Crippen LogP contribution in [-0.4, -0.2) is 41.6 Å². The van der Waals surface area contributed by atoms with Crippen LogP contribution in [0.3, 0.4) is 0 Å². The molecule has 1 aliphatic carbocycles. The molecule has 1 fully saturated rings. The summed E-state index contributed by atoms with van der Waals surface area (Å²) in [6, 6.07) is 3.72. The zero-order valence-electron chi connectivity index (χ0n) is 16.5. The molecule has 5 heteroatoms. The molecule has 1 heterocycles. The molecule has 1 aliphatic rings. The normalized spacial score (nSPS) is 20.9. The summed E-state index contributed by atoms with van der Waals surface area (Å²) in [5.74, 6) is 1.39. The maximum Gasteiger partial charge on any atom is 0.216 e. The van der Waals surface area contributed by atoms with Gasteiger partial charge in [-0.05, 0) is 47.6 Å².